The zero-order chi connectivity index (χ0) is 33.9. The number of amides is 1. The average molecular weight is 667 g/mol. The lowest BCUT2D eigenvalue weighted by atomic mass is 10.1. The molecule has 2 aliphatic heterocycles. The SMILES string of the molecule is Cc1ccc(C(=O)OC[C@H]2OC(n3cc(/C=C4\NC(=S)N(c5ccccc5)C4=O)c(=O)[nH]c3=O)C[C@@H]2OC(=O)c2ccc(C)cc2)cc1. The molecule has 2 saturated heterocycles. The third kappa shape index (κ3) is 6.87. The number of anilines is 1. The Balaban J connectivity index is 1.25. The predicted molar refractivity (Wildman–Crippen MR) is 179 cm³/mol. The highest BCUT2D eigenvalue weighted by atomic mass is 32.1. The Bertz CT molecular complexity index is 2040. The number of carbonyl (C=O) groups excluding carboxylic acids is 3. The van der Waals surface area contributed by atoms with Gasteiger partial charge in [-0.05, 0) is 68.5 Å². The van der Waals surface area contributed by atoms with E-state index in [2.05, 4.69) is 10.3 Å². The van der Waals surface area contributed by atoms with Crippen molar-refractivity contribution < 1.29 is 28.6 Å². The van der Waals surface area contributed by atoms with Gasteiger partial charge in [0.05, 0.1) is 22.4 Å². The summed E-state index contributed by atoms with van der Waals surface area (Å²) < 4.78 is 18.6. The fourth-order valence-electron chi connectivity index (χ4n) is 5.29. The van der Waals surface area contributed by atoms with E-state index >= 15 is 0 Å². The fraction of sp³-hybridized carbons (Fsp3) is 0.200. The average Bonchev–Trinajstić information content (AvgIpc) is 3.60. The van der Waals surface area contributed by atoms with Gasteiger partial charge in [0.15, 0.2) is 5.11 Å². The van der Waals surface area contributed by atoms with Crippen LogP contribution < -0.4 is 21.5 Å². The van der Waals surface area contributed by atoms with Crippen LogP contribution in [0.1, 0.15) is 50.1 Å². The zero-order valence-corrected chi connectivity index (χ0v) is 26.7. The molecule has 6 rings (SSSR count). The van der Waals surface area contributed by atoms with Crippen LogP contribution in [-0.2, 0) is 19.0 Å². The second-order valence-corrected chi connectivity index (χ2v) is 11.7. The molecule has 0 aliphatic carbocycles. The van der Waals surface area contributed by atoms with Crippen LogP contribution in [0, 0.1) is 13.8 Å². The number of para-hydroxylation sites is 1. The molecule has 0 spiro atoms. The number of carbonyl (C=O) groups is 3. The molecule has 244 valence electrons. The molecular weight excluding hydrogens is 636 g/mol. The number of rotatable bonds is 8. The maximum absolute atomic E-state index is 13.2. The van der Waals surface area contributed by atoms with Crippen molar-refractivity contribution in [2.45, 2.75) is 38.7 Å². The first-order valence-corrected chi connectivity index (χ1v) is 15.4. The van der Waals surface area contributed by atoms with Gasteiger partial charge in [-0.1, -0.05) is 53.6 Å². The van der Waals surface area contributed by atoms with Crippen molar-refractivity contribution in [3.8, 4) is 0 Å². The highest BCUT2D eigenvalue weighted by molar-refractivity contribution is 7.80. The molecule has 13 heteroatoms. The van der Waals surface area contributed by atoms with E-state index in [0.29, 0.717) is 16.8 Å². The Morgan fingerprint density at radius 1 is 0.917 bits per heavy atom. The number of thiocarbonyl (C=S) groups is 1. The maximum Gasteiger partial charge on any atom is 0.338 e. The van der Waals surface area contributed by atoms with Crippen LogP contribution in [0.3, 0.4) is 0 Å². The molecule has 3 atom stereocenters. The van der Waals surface area contributed by atoms with E-state index in [-0.39, 0.29) is 29.4 Å². The van der Waals surface area contributed by atoms with Gasteiger partial charge in [-0.15, -0.1) is 0 Å². The number of aromatic amines is 1. The minimum absolute atomic E-state index is 0.00460. The summed E-state index contributed by atoms with van der Waals surface area (Å²) >= 11 is 5.36. The summed E-state index contributed by atoms with van der Waals surface area (Å²) in [6.07, 6.45) is -0.368. The Hall–Kier alpha value is -5.66. The van der Waals surface area contributed by atoms with Crippen molar-refractivity contribution in [3.05, 3.63) is 139 Å². The van der Waals surface area contributed by atoms with Gasteiger partial charge in [0.25, 0.3) is 11.5 Å². The molecule has 2 N–H and O–H groups in total. The number of H-pyrrole nitrogens is 1. The number of ether oxygens (including phenoxy) is 3. The largest absolute Gasteiger partial charge is 0.459 e. The minimum atomic E-state index is -1.03. The Labute approximate surface area is 279 Å². The number of nitrogens with one attached hydrogen (secondary N) is 2. The van der Waals surface area contributed by atoms with E-state index in [1.807, 2.05) is 13.8 Å². The molecule has 3 aromatic carbocycles. The highest BCUT2D eigenvalue weighted by Crippen LogP contribution is 2.31. The highest BCUT2D eigenvalue weighted by Gasteiger charge is 2.41. The van der Waals surface area contributed by atoms with Crippen molar-refractivity contribution in [1.29, 1.82) is 0 Å². The van der Waals surface area contributed by atoms with Crippen molar-refractivity contribution >= 4 is 46.9 Å². The number of aryl methyl sites for hydroxylation is 2. The topological polar surface area (TPSA) is 149 Å². The van der Waals surface area contributed by atoms with Crippen LogP contribution in [0.15, 0.2) is 100 Å². The smallest absolute Gasteiger partial charge is 0.338 e. The third-order valence-electron chi connectivity index (χ3n) is 7.89. The quantitative estimate of drug-likeness (QED) is 0.162. The lowest BCUT2D eigenvalue weighted by molar-refractivity contribution is -0.113. The molecule has 0 bridgehead atoms. The molecular formula is C35H30N4O8S. The molecule has 0 radical (unpaired) electrons. The summed E-state index contributed by atoms with van der Waals surface area (Å²) in [6, 6.07) is 22.4. The van der Waals surface area contributed by atoms with Crippen molar-refractivity contribution in [2.24, 2.45) is 0 Å². The molecule has 2 fully saturated rings. The Kier molecular flexibility index (Phi) is 9.15. The summed E-state index contributed by atoms with van der Waals surface area (Å²) in [5, 5.41) is 2.95. The lowest BCUT2D eigenvalue weighted by Gasteiger charge is -2.19. The van der Waals surface area contributed by atoms with Gasteiger partial charge in [-0.3, -0.25) is 24.0 Å². The number of nitrogens with zero attached hydrogens (tertiary/aromatic N) is 2. The van der Waals surface area contributed by atoms with E-state index < -0.39 is 47.5 Å². The van der Waals surface area contributed by atoms with Gasteiger partial charge in [0, 0.05) is 12.6 Å². The third-order valence-corrected chi connectivity index (χ3v) is 8.17. The summed E-state index contributed by atoms with van der Waals surface area (Å²) in [5.41, 5.74) is 1.58. The number of esters is 2. The first kappa shape index (κ1) is 32.3. The van der Waals surface area contributed by atoms with Crippen LogP contribution in [-0.4, -0.2) is 51.3 Å². The molecule has 1 amide bonds. The fourth-order valence-corrected chi connectivity index (χ4v) is 5.59. The van der Waals surface area contributed by atoms with Gasteiger partial charge in [0.1, 0.15) is 30.7 Å². The molecule has 12 nitrogen and oxygen atoms in total. The molecule has 1 aromatic heterocycles. The predicted octanol–water partition coefficient (Wildman–Crippen LogP) is 3.79. The minimum Gasteiger partial charge on any atom is -0.459 e. The second-order valence-electron chi connectivity index (χ2n) is 11.4. The van der Waals surface area contributed by atoms with Gasteiger partial charge in [-0.2, -0.15) is 0 Å². The molecule has 3 heterocycles. The monoisotopic (exact) mass is 666 g/mol. The van der Waals surface area contributed by atoms with E-state index in [1.54, 1.807) is 78.9 Å². The standard InChI is InChI=1S/C35H30N4O8S/c1-20-8-12-22(13-9-20)32(42)45-19-28-27(47-33(43)23-14-10-21(2)11-15-23)17-29(46-28)38-18-24(30(40)37-34(38)44)16-26-31(41)39(35(48)36-26)25-6-4-3-5-7-25/h3-16,18,27-29H,17,19H2,1-2H3,(H,36,48)(H,37,40,44)/b26-16-/t27-,28+,29?/m0/s1. The van der Waals surface area contributed by atoms with E-state index in [4.69, 9.17) is 26.4 Å². The second kappa shape index (κ2) is 13.6. The van der Waals surface area contributed by atoms with Crippen LogP contribution >= 0.6 is 12.2 Å². The number of aromatic nitrogens is 2. The van der Waals surface area contributed by atoms with Crippen LogP contribution in [0.5, 0.6) is 0 Å². The molecule has 4 aromatic rings. The Morgan fingerprint density at radius 2 is 1.54 bits per heavy atom. The summed E-state index contributed by atoms with van der Waals surface area (Å²) in [5.74, 6) is -1.71. The van der Waals surface area contributed by atoms with Gasteiger partial charge < -0.3 is 19.5 Å². The van der Waals surface area contributed by atoms with Gasteiger partial charge in [-0.25, -0.2) is 14.4 Å². The maximum atomic E-state index is 13.2. The van der Waals surface area contributed by atoms with Gasteiger partial charge >= 0.3 is 17.6 Å². The Morgan fingerprint density at radius 3 is 2.19 bits per heavy atom. The summed E-state index contributed by atoms with van der Waals surface area (Å²) in [4.78, 5) is 68.5. The number of benzene rings is 3. The van der Waals surface area contributed by atoms with Crippen molar-refractivity contribution in [2.75, 3.05) is 11.5 Å². The summed E-state index contributed by atoms with van der Waals surface area (Å²) in [7, 11) is 0. The number of hydrogen-bond acceptors (Lipinski definition) is 9. The lowest BCUT2D eigenvalue weighted by Crippen LogP contribution is -2.34. The van der Waals surface area contributed by atoms with E-state index in [1.165, 1.54) is 17.2 Å². The van der Waals surface area contributed by atoms with E-state index in [9.17, 15) is 24.0 Å². The number of hydrogen-bond donors (Lipinski definition) is 2. The van der Waals surface area contributed by atoms with E-state index in [0.717, 1.165) is 15.7 Å². The van der Waals surface area contributed by atoms with Crippen LogP contribution in [0.2, 0.25) is 0 Å². The first-order valence-electron chi connectivity index (χ1n) is 15.0. The normalized spacial score (nSPS) is 19.8. The molecule has 2 aliphatic rings. The van der Waals surface area contributed by atoms with Crippen LogP contribution in [0.25, 0.3) is 6.08 Å². The van der Waals surface area contributed by atoms with Crippen LogP contribution in [0.4, 0.5) is 5.69 Å². The zero-order valence-electron chi connectivity index (χ0n) is 25.9. The van der Waals surface area contributed by atoms with Gasteiger partial charge in [0.2, 0.25) is 0 Å². The van der Waals surface area contributed by atoms with Crippen molar-refractivity contribution in [1.82, 2.24) is 14.9 Å². The molecule has 0 saturated carbocycles. The molecule has 1 unspecified atom stereocenters. The summed E-state index contributed by atoms with van der Waals surface area (Å²) in [6.45, 7) is 3.50. The first-order chi connectivity index (χ1) is 23.1. The molecule has 48 heavy (non-hydrogen) atoms. The van der Waals surface area contributed by atoms with Crippen molar-refractivity contribution in [3.63, 3.8) is 0 Å².